The molecule has 0 aliphatic rings. The van der Waals surface area contributed by atoms with Gasteiger partial charge in [-0.1, -0.05) is 41.9 Å². The van der Waals surface area contributed by atoms with E-state index in [1.165, 1.54) is 6.08 Å². The summed E-state index contributed by atoms with van der Waals surface area (Å²) >= 11 is 5.90. The van der Waals surface area contributed by atoms with Gasteiger partial charge in [-0.05, 0) is 53.6 Å². The number of hydrogen-bond donors (Lipinski definition) is 2. The second-order valence-corrected chi connectivity index (χ2v) is 6.99. The van der Waals surface area contributed by atoms with Crippen molar-refractivity contribution >= 4 is 35.2 Å². The van der Waals surface area contributed by atoms with Gasteiger partial charge < -0.3 is 20.5 Å². The number of carbonyl (C=O) groups excluding carboxylic acids is 2. The molecule has 0 aromatic heterocycles. The maximum absolute atomic E-state index is 12.2. The molecule has 0 fully saturated rings. The minimum absolute atomic E-state index is 0.244. The second-order valence-electron chi connectivity index (χ2n) is 6.56. The molecule has 7 heteroatoms. The van der Waals surface area contributed by atoms with Crippen LogP contribution in [0.3, 0.4) is 0 Å². The fraction of sp³-hybridized carbons (Fsp3) is 0.0833. The topological polar surface area (TPSA) is 90.6 Å². The third-order valence-electron chi connectivity index (χ3n) is 4.37. The Hall–Kier alpha value is -3.77. The Labute approximate surface area is 185 Å². The number of amides is 2. The van der Waals surface area contributed by atoms with E-state index >= 15 is 0 Å². The predicted molar refractivity (Wildman–Crippen MR) is 121 cm³/mol. The number of halogens is 1. The third kappa shape index (κ3) is 6.10. The number of nitrogens with one attached hydrogen (secondary N) is 1. The van der Waals surface area contributed by atoms with Crippen LogP contribution >= 0.6 is 11.6 Å². The molecule has 0 saturated heterocycles. The second kappa shape index (κ2) is 10.3. The summed E-state index contributed by atoms with van der Waals surface area (Å²) in [7, 11) is 1.55. The SMILES string of the molecule is COc1cc(C=CC(=O)Nc2ccccc2C(N)=O)ccc1OCc1ccc(Cl)cc1. The highest BCUT2D eigenvalue weighted by Crippen LogP contribution is 2.29. The molecule has 0 atom stereocenters. The molecule has 2 amide bonds. The van der Waals surface area contributed by atoms with Crippen LogP contribution in [0.4, 0.5) is 5.69 Å². The average Bonchev–Trinajstić information content (AvgIpc) is 2.77. The lowest BCUT2D eigenvalue weighted by Crippen LogP contribution is -2.16. The first-order chi connectivity index (χ1) is 15.0. The summed E-state index contributed by atoms with van der Waals surface area (Å²) in [5.74, 6) is 0.111. The standard InChI is InChI=1S/C24H21ClN2O4/c1-30-22-14-16(8-12-21(22)31-15-17-6-10-18(25)11-7-17)9-13-23(28)27-20-5-3-2-4-19(20)24(26)29/h2-14H,15H2,1H3,(H2,26,29)(H,27,28). The van der Waals surface area contributed by atoms with Crippen LogP contribution in [0, 0.1) is 0 Å². The fourth-order valence-corrected chi connectivity index (χ4v) is 2.93. The summed E-state index contributed by atoms with van der Waals surface area (Å²) in [6.07, 6.45) is 2.99. The average molecular weight is 437 g/mol. The van der Waals surface area contributed by atoms with Crippen molar-refractivity contribution in [2.75, 3.05) is 12.4 Å². The highest BCUT2D eigenvalue weighted by atomic mass is 35.5. The van der Waals surface area contributed by atoms with Crippen LogP contribution in [0.5, 0.6) is 11.5 Å². The molecule has 31 heavy (non-hydrogen) atoms. The van der Waals surface area contributed by atoms with E-state index in [-0.39, 0.29) is 5.56 Å². The van der Waals surface area contributed by atoms with Crippen LogP contribution < -0.4 is 20.5 Å². The van der Waals surface area contributed by atoms with E-state index in [2.05, 4.69) is 5.32 Å². The van der Waals surface area contributed by atoms with Crippen molar-refractivity contribution in [2.45, 2.75) is 6.61 Å². The van der Waals surface area contributed by atoms with Gasteiger partial charge >= 0.3 is 0 Å². The van der Waals surface area contributed by atoms with Crippen molar-refractivity contribution < 1.29 is 19.1 Å². The number of hydrogen-bond acceptors (Lipinski definition) is 4. The van der Waals surface area contributed by atoms with Crippen molar-refractivity contribution in [3.05, 3.63) is 94.5 Å². The molecule has 3 aromatic carbocycles. The van der Waals surface area contributed by atoms with Gasteiger partial charge in [0.1, 0.15) is 6.61 Å². The maximum Gasteiger partial charge on any atom is 0.250 e. The molecular weight excluding hydrogens is 416 g/mol. The third-order valence-corrected chi connectivity index (χ3v) is 4.62. The molecule has 3 N–H and O–H groups in total. The number of para-hydroxylation sites is 1. The van der Waals surface area contributed by atoms with Gasteiger partial charge in [0.2, 0.25) is 5.91 Å². The molecule has 0 radical (unpaired) electrons. The highest BCUT2D eigenvalue weighted by molar-refractivity contribution is 6.30. The van der Waals surface area contributed by atoms with Crippen LogP contribution in [0.25, 0.3) is 6.08 Å². The summed E-state index contributed by atoms with van der Waals surface area (Å²) in [6, 6.07) is 19.3. The molecule has 0 saturated carbocycles. The molecular formula is C24H21ClN2O4. The van der Waals surface area contributed by atoms with Crippen molar-refractivity contribution in [3.63, 3.8) is 0 Å². The van der Waals surface area contributed by atoms with Crippen LogP contribution in [0.2, 0.25) is 5.02 Å². The number of rotatable bonds is 8. The van der Waals surface area contributed by atoms with E-state index in [9.17, 15) is 9.59 Å². The van der Waals surface area contributed by atoms with Gasteiger partial charge in [-0.25, -0.2) is 0 Å². The number of carbonyl (C=O) groups is 2. The monoisotopic (exact) mass is 436 g/mol. The Morgan fingerprint density at radius 1 is 1.03 bits per heavy atom. The lowest BCUT2D eigenvalue weighted by atomic mass is 10.1. The van der Waals surface area contributed by atoms with E-state index in [1.807, 2.05) is 12.1 Å². The van der Waals surface area contributed by atoms with Crippen molar-refractivity contribution in [2.24, 2.45) is 5.73 Å². The van der Waals surface area contributed by atoms with E-state index < -0.39 is 11.8 Å². The molecule has 3 rings (SSSR count). The normalized spacial score (nSPS) is 10.6. The van der Waals surface area contributed by atoms with Crippen LogP contribution in [-0.4, -0.2) is 18.9 Å². The summed E-state index contributed by atoms with van der Waals surface area (Å²) < 4.78 is 11.2. The van der Waals surface area contributed by atoms with Gasteiger partial charge in [0.15, 0.2) is 11.5 Å². The number of benzene rings is 3. The lowest BCUT2D eigenvalue weighted by Gasteiger charge is -2.11. The number of primary amides is 1. The first-order valence-electron chi connectivity index (χ1n) is 9.39. The summed E-state index contributed by atoms with van der Waals surface area (Å²) in [5.41, 5.74) is 7.65. The van der Waals surface area contributed by atoms with E-state index in [1.54, 1.807) is 67.8 Å². The molecule has 3 aromatic rings. The molecule has 6 nitrogen and oxygen atoms in total. The molecule has 0 bridgehead atoms. The zero-order valence-corrected chi connectivity index (χ0v) is 17.6. The molecule has 0 aliphatic carbocycles. The van der Waals surface area contributed by atoms with Gasteiger partial charge in [0, 0.05) is 11.1 Å². The van der Waals surface area contributed by atoms with E-state index in [0.29, 0.717) is 28.8 Å². The van der Waals surface area contributed by atoms with Crippen LogP contribution in [-0.2, 0) is 11.4 Å². The molecule has 0 unspecified atom stereocenters. The van der Waals surface area contributed by atoms with Gasteiger partial charge in [-0.15, -0.1) is 0 Å². The molecule has 0 aliphatic heterocycles. The van der Waals surface area contributed by atoms with Gasteiger partial charge in [-0.2, -0.15) is 0 Å². The summed E-state index contributed by atoms with van der Waals surface area (Å²) in [5, 5.41) is 3.32. The zero-order chi connectivity index (χ0) is 22.2. The Morgan fingerprint density at radius 2 is 1.77 bits per heavy atom. The Kier molecular flexibility index (Phi) is 7.30. The Morgan fingerprint density at radius 3 is 2.48 bits per heavy atom. The van der Waals surface area contributed by atoms with Gasteiger partial charge in [0.25, 0.3) is 5.91 Å². The Bertz CT molecular complexity index is 1110. The minimum Gasteiger partial charge on any atom is -0.493 e. The number of methoxy groups -OCH3 is 1. The van der Waals surface area contributed by atoms with Crippen molar-refractivity contribution in [1.29, 1.82) is 0 Å². The number of nitrogens with two attached hydrogens (primary N) is 1. The quantitative estimate of drug-likeness (QED) is 0.501. The van der Waals surface area contributed by atoms with Crippen molar-refractivity contribution in [1.82, 2.24) is 0 Å². The fourth-order valence-electron chi connectivity index (χ4n) is 2.80. The molecule has 158 valence electrons. The largest absolute Gasteiger partial charge is 0.493 e. The predicted octanol–water partition coefficient (Wildman–Crippen LogP) is 4.68. The minimum atomic E-state index is -0.612. The smallest absolute Gasteiger partial charge is 0.250 e. The maximum atomic E-state index is 12.2. The van der Waals surface area contributed by atoms with E-state index in [4.69, 9.17) is 26.8 Å². The van der Waals surface area contributed by atoms with Crippen molar-refractivity contribution in [3.8, 4) is 11.5 Å². The summed E-state index contributed by atoms with van der Waals surface area (Å²) in [6.45, 7) is 0.365. The molecule has 0 spiro atoms. The van der Waals surface area contributed by atoms with E-state index in [0.717, 1.165) is 11.1 Å². The van der Waals surface area contributed by atoms with Gasteiger partial charge in [0.05, 0.1) is 18.4 Å². The van der Waals surface area contributed by atoms with Crippen LogP contribution in [0.15, 0.2) is 72.8 Å². The first-order valence-corrected chi connectivity index (χ1v) is 9.77. The zero-order valence-electron chi connectivity index (χ0n) is 16.8. The molecule has 0 heterocycles. The van der Waals surface area contributed by atoms with Gasteiger partial charge in [-0.3, -0.25) is 9.59 Å². The lowest BCUT2D eigenvalue weighted by molar-refractivity contribution is -0.111. The van der Waals surface area contributed by atoms with Crippen LogP contribution in [0.1, 0.15) is 21.5 Å². The Balaban J connectivity index is 1.66. The number of anilines is 1. The summed E-state index contributed by atoms with van der Waals surface area (Å²) in [4.78, 5) is 23.7. The highest BCUT2D eigenvalue weighted by Gasteiger charge is 2.09. The first kappa shape index (κ1) is 21.9. The number of ether oxygens (including phenoxy) is 2.